The predicted octanol–water partition coefficient (Wildman–Crippen LogP) is 3.74. The number of esters is 1. The zero-order valence-electron chi connectivity index (χ0n) is 27.5. The zero-order chi connectivity index (χ0) is 34.1. The van der Waals surface area contributed by atoms with Gasteiger partial charge in [0, 0.05) is 5.38 Å². The second-order valence-corrected chi connectivity index (χ2v) is 12.0. The third kappa shape index (κ3) is 8.47. The maximum absolute atomic E-state index is 13.2. The molecule has 10 heteroatoms. The van der Waals surface area contributed by atoms with Crippen molar-refractivity contribution in [2.75, 3.05) is 5.32 Å². The maximum atomic E-state index is 13.2. The Morgan fingerprint density at radius 3 is 1.56 bits per heavy atom. The first-order valence-electron chi connectivity index (χ1n) is 15.6. The van der Waals surface area contributed by atoms with E-state index in [0.717, 1.165) is 27.8 Å². The number of hydrogen-bond acceptors (Lipinski definition) is 9. The number of nitrogens with one attached hydrogen (secondary N) is 1. The number of benzene rings is 5. The van der Waals surface area contributed by atoms with Crippen LogP contribution in [0.1, 0.15) is 46.5 Å². The van der Waals surface area contributed by atoms with E-state index in [4.69, 9.17) is 9.57 Å². The van der Waals surface area contributed by atoms with E-state index in [1.807, 2.05) is 152 Å². The van der Waals surface area contributed by atoms with Gasteiger partial charge in [0.25, 0.3) is 0 Å². The molecule has 50 heavy (non-hydrogen) atoms. The number of thiazole rings is 1. The molecule has 1 aromatic heterocycles. The molecule has 1 heterocycles. The van der Waals surface area contributed by atoms with E-state index in [9.17, 15) is 14.7 Å². The van der Waals surface area contributed by atoms with Crippen molar-refractivity contribution < 1.29 is 75.7 Å². The molecule has 0 aliphatic heterocycles. The molecule has 0 saturated heterocycles. The summed E-state index contributed by atoms with van der Waals surface area (Å²) in [5, 5.41) is 21.7. The molecule has 6 rings (SSSR count). The monoisotopic (exact) mass is 705 g/mol. The van der Waals surface area contributed by atoms with Gasteiger partial charge in [0.05, 0.1) is 5.97 Å². The molecule has 5 aromatic carbocycles. The fourth-order valence-corrected chi connectivity index (χ4v) is 6.29. The standard InChI is InChI=1S/C40H33N3O5S.K/c1-28(38(46)47-36(29-17-7-2-8-18-29)30-19-9-3-10-20-30)48-43-35(37(44)45)34-27-49-39(41-34)42-40(31-21-11-4-12-22-31,32-23-13-5-14-24-32)33-25-15-6-16-26-33;/h2-28,36H,1H3,(H,41,42)(H,44,45);/q;+1/p-1/b43-35-;/t28-;/m0./s1. The first-order chi connectivity index (χ1) is 24.0. The second-order valence-electron chi connectivity index (χ2n) is 11.1. The minimum atomic E-state index is -1.61. The Morgan fingerprint density at radius 2 is 1.14 bits per heavy atom. The van der Waals surface area contributed by atoms with Gasteiger partial charge in [-0.05, 0) is 34.7 Å². The van der Waals surface area contributed by atoms with E-state index in [0.29, 0.717) is 5.13 Å². The van der Waals surface area contributed by atoms with Crippen LogP contribution in [0.15, 0.2) is 162 Å². The largest absolute Gasteiger partial charge is 1.00 e. The summed E-state index contributed by atoms with van der Waals surface area (Å²) in [5.41, 5.74) is 3.00. The molecule has 8 nitrogen and oxygen atoms in total. The van der Waals surface area contributed by atoms with Gasteiger partial charge in [-0.15, -0.1) is 11.3 Å². The molecular weight excluding hydrogens is 674 g/mol. The molecule has 6 aromatic rings. The van der Waals surface area contributed by atoms with E-state index in [2.05, 4.69) is 15.5 Å². The summed E-state index contributed by atoms with van der Waals surface area (Å²) < 4.78 is 5.85. The molecule has 244 valence electrons. The number of carbonyl (C=O) groups is 2. The molecule has 0 bridgehead atoms. The van der Waals surface area contributed by atoms with Crippen LogP contribution in [0.4, 0.5) is 5.13 Å². The molecule has 1 N–H and O–H groups in total. The first-order valence-corrected chi connectivity index (χ1v) is 16.5. The number of hydrogen-bond donors (Lipinski definition) is 1. The van der Waals surface area contributed by atoms with Crippen LogP contribution in [0.2, 0.25) is 0 Å². The van der Waals surface area contributed by atoms with E-state index >= 15 is 0 Å². The number of rotatable bonds is 13. The van der Waals surface area contributed by atoms with E-state index in [1.165, 1.54) is 18.3 Å². The summed E-state index contributed by atoms with van der Waals surface area (Å²) >= 11 is 1.21. The average molecular weight is 706 g/mol. The van der Waals surface area contributed by atoms with Crippen LogP contribution in [0.25, 0.3) is 0 Å². The molecule has 0 aliphatic carbocycles. The Morgan fingerprint density at radius 1 is 0.720 bits per heavy atom. The van der Waals surface area contributed by atoms with Gasteiger partial charge in [0.2, 0.25) is 6.10 Å². The van der Waals surface area contributed by atoms with Gasteiger partial charge >= 0.3 is 57.4 Å². The molecule has 0 spiro atoms. The van der Waals surface area contributed by atoms with Crippen LogP contribution in [-0.4, -0.2) is 28.7 Å². The minimum Gasteiger partial charge on any atom is -0.543 e. The van der Waals surface area contributed by atoms with Gasteiger partial charge in [-0.2, -0.15) is 0 Å². The maximum Gasteiger partial charge on any atom is 1.00 e. The van der Waals surface area contributed by atoms with E-state index < -0.39 is 35.4 Å². The van der Waals surface area contributed by atoms with Crippen molar-refractivity contribution in [1.82, 2.24) is 4.98 Å². The Kier molecular flexibility index (Phi) is 12.9. The minimum absolute atomic E-state index is 0. The van der Waals surface area contributed by atoms with Gasteiger partial charge in [-0.1, -0.05) is 157 Å². The number of carboxylic acid groups (broad SMARTS) is 1. The third-order valence-corrected chi connectivity index (χ3v) is 8.69. The van der Waals surface area contributed by atoms with Crippen LogP contribution in [0.3, 0.4) is 0 Å². The fourth-order valence-electron chi connectivity index (χ4n) is 5.54. The molecule has 0 aliphatic rings. The molecule has 0 radical (unpaired) electrons. The van der Waals surface area contributed by atoms with Gasteiger partial charge < -0.3 is 24.8 Å². The molecular formula is C40H32KN3O5S. The van der Waals surface area contributed by atoms with Gasteiger partial charge in [-0.3, -0.25) is 0 Å². The Hall–Kier alpha value is -4.42. The zero-order valence-corrected chi connectivity index (χ0v) is 31.4. The number of carboxylic acids is 1. The quantitative estimate of drug-likeness (QED) is 0.0641. The number of anilines is 1. The summed E-state index contributed by atoms with van der Waals surface area (Å²) in [7, 11) is 0. The average Bonchev–Trinajstić information content (AvgIpc) is 3.62. The smallest absolute Gasteiger partial charge is 0.543 e. The Balaban J connectivity index is 0.00000486. The summed E-state index contributed by atoms with van der Waals surface area (Å²) in [5.74, 6) is -2.33. The molecule has 0 amide bonds. The van der Waals surface area contributed by atoms with Crippen LogP contribution in [-0.2, 0) is 24.7 Å². The summed E-state index contributed by atoms with van der Waals surface area (Å²) in [4.78, 5) is 35.5. The van der Waals surface area contributed by atoms with Crippen molar-refractivity contribution in [3.8, 4) is 0 Å². The van der Waals surface area contributed by atoms with Crippen molar-refractivity contribution in [1.29, 1.82) is 0 Å². The van der Waals surface area contributed by atoms with Crippen LogP contribution in [0, 0.1) is 0 Å². The predicted molar refractivity (Wildman–Crippen MR) is 188 cm³/mol. The third-order valence-electron chi connectivity index (χ3n) is 7.93. The fraction of sp³-hybridized carbons (Fsp3) is 0.100. The van der Waals surface area contributed by atoms with Gasteiger partial charge in [-0.25, -0.2) is 9.78 Å². The summed E-state index contributed by atoms with van der Waals surface area (Å²) in [6.07, 6.45) is -1.93. The number of ether oxygens (including phenoxy) is 1. The summed E-state index contributed by atoms with van der Waals surface area (Å²) in [6.45, 7) is 1.44. The Labute approximate surface area is 337 Å². The van der Waals surface area contributed by atoms with Crippen molar-refractivity contribution in [2.24, 2.45) is 5.16 Å². The van der Waals surface area contributed by atoms with Crippen LogP contribution in [0.5, 0.6) is 0 Å². The number of oxime groups is 1. The van der Waals surface area contributed by atoms with Crippen molar-refractivity contribution in [2.45, 2.75) is 24.7 Å². The van der Waals surface area contributed by atoms with Crippen molar-refractivity contribution >= 4 is 34.1 Å². The molecule has 0 saturated carbocycles. The van der Waals surface area contributed by atoms with Gasteiger partial charge in [0.1, 0.15) is 11.2 Å². The van der Waals surface area contributed by atoms with Gasteiger partial charge in [0.15, 0.2) is 16.9 Å². The topological polar surface area (TPSA) is 113 Å². The number of aliphatic carboxylic acids is 1. The first kappa shape index (κ1) is 36.8. The molecule has 1 atom stereocenters. The van der Waals surface area contributed by atoms with Crippen LogP contribution >= 0.6 is 11.3 Å². The van der Waals surface area contributed by atoms with Crippen molar-refractivity contribution in [3.05, 3.63) is 191 Å². The second kappa shape index (κ2) is 17.5. The normalized spacial score (nSPS) is 12.0. The SMILES string of the molecule is C[C@H](O/N=C(\C(=O)[O-])c1csc(NC(c2ccccc2)(c2ccccc2)c2ccccc2)n1)C(=O)OC(c1ccccc1)c1ccccc1.[K+]. The van der Waals surface area contributed by atoms with E-state index in [1.54, 1.807) is 5.38 Å². The number of carbonyl (C=O) groups excluding carboxylic acids is 2. The van der Waals surface area contributed by atoms with Crippen molar-refractivity contribution in [3.63, 3.8) is 0 Å². The number of nitrogens with zero attached hydrogens (tertiary/aromatic N) is 2. The molecule has 0 fully saturated rings. The number of aromatic nitrogens is 1. The van der Waals surface area contributed by atoms with E-state index in [-0.39, 0.29) is 57.1 Å². The molecule has 0 unspecified atom stereocenters. The van der Waals surface area contributed by atoms with Crippen LogP contribution < -0.4 is 61.8 Å². The Bertz CT molecular complexity index is 1880. The summed E-state index contributed by atoms with van der Waals surface area (Å²) in [6, 6.07) is 48.5.